The SMILES string of the molecule is CCCC1CC(O)(c2cccc(F)c2)CCO1. The minimum Gasteiger partial charge on any atom is -0.385 e. The summed E-state index contributed by atoms with van der Waals surface area (Å²) in [5, 5.41) is 10.6. The van der Waals surface area contributed by atoms with Gasteiger partial charge in [0.2, 0.25) is 0 Å². The third-order valence-corrected chi connectivity index (χ3v) is 3.41. The van der Waals surface area contributed by atoms with E-state index >= 15 is 0 Å². The fourth-order valence-electron chi connectivity index (χ4n) is 2.48. The van der Waals surface area contributed by atoms with Crippen molar-refractivity contribution in [2.45, 2.75) is 44.3 Å². The van der Waals surface area contributed by atoms with Gasteiger partial charge in [0.25, 0.3) is 0 Å². The summed E-state index contributed by atoms with van der Waals surface area (Å²) in [6, 6.07) is 6.26. The zero-order chi connectivity index (χ0) is 12.3. The zero-order valence-corrected chi connectivity index (χ0v) is 10.2. The third-order valence-electron chi connectivity index (χ3n) is 3.41. The first-order chi connectivity index (χ1) is 8.14. The molecule has 3 heteroatoms. The molecule has 0 saturated carbocycles. The van der Waals surface area contributed by atoms with Gasteiger partial charge >= 0.3 is 0 Å². The van der Waals surface area contributed by atoms with Gasteiger partial charge in [0.15, 0.2) is 0 Å². The topological polar surface area (TPSA) is 29.5 Å². The van der Waals surface area contributed by atoms with Crippen molar-refractivity contribution in [3.63, 3.8) is 0 Å². The number of rotatable bonds is 3. The van der Waals surface area contributed by atoms with Gasteiger partial charge < -0.3 is 9.84 Å². The van der Waals surface area contributed by atoms with Crippen LogP contribution in [0.25, 0.3) is 0 Å². The van der Waals surface area contributed by atoms with Crippen LogP contribution in [0.2, 0.25) is 0 Å². The van der Waals surface area contributed by atoms with Crippen LogP contribution in [0.5, 0.6) is 0 Å². The Bertz CT molecular complexity index is 378. The van der Waals surface area contributed by atoms with E-state index in [1.165, 1.54) is 12.1 Å². The predicted molar refractivity (Wildman–Crippen MR) is 64.2 cm³/mol. The highest BCUT2D eigenvalue weighted by atomic mass is 19.1. The van der Waals surface area contributed by atoms with E-state index in [9.17, 15) is 9.50 Å². The second-order valence-corrected chi connectivity index (χ2v) is 4.78. The van der Waals surface area contributed by atoms with Crippen molar-refractivity contribution in [3.05, 3.63) is 35.6 Å². The lowest BCUT2D eigenvalue weighted by atomic mass is 9.83. The summed E-state index contributed by atoms with van der Waals surface area (Å²) < 4.78 is 18.8. The Morgan fingerprint density at radius 2 is 2.35 bits per heavy atom. The second-order valence-electron chi connectivity index (χ2n) is 4.78. The number of aliphatic hydroxyl groups is 1. The zero-order valence-electron chi connectivity index (χ0n) is 10.2. The minimum atomic E-state index is -0.930. The normalized spacial score (nSPS) is 29.2. The Kier molecular flexibility index (Phi) is 3.79. The van der Waals surface area contributed by atoms with E-state index in [1.54, 1.807) is 12.1 Å². The molecule has 0 aromatic heterocycles. The molecule has 1 aliphatic rings. The summed E-state index contributed by atoms with van der Waals surface area (Å²) in [4.78, 5) is 0. The molecule has 2 rings (SSSR count). The molecule has 1 aromatic carbocycles. The lowest BCUT2D eigenvalue weighted by molar-refractivity contribution is -0.110. The highest BCUT2D eigenvalue weighted by Gasteiger charge is 2.36. The van der Waals surface area contributed by atoms with Crippen molar-refractivity contribution in [3.8, 4) is 0 Å². The van der Waals surface area contributed by atoms with Crippen LogP contribution in [-0.2, 0) is 10.3 Å². The Labute approximate surface area is 101 Å². The van der Waals surface area contributed by atoms with Crippen LogP contribution in [0, 0.1) is 5.82 Å². The lowest BCUT2D eigenvalue weighted by Crippen LogP contribution is -2.38. The Hall–Kier alpha value is -0.930. The summed E-state index contributed by atoms with van der Waals surface area (Å²) in [5.74, 6) is -0.297. The summed E-state index contributed by atoms with van der Waals surface area (Å²) in [6.45, 7) is 2.64. The van der Waals surface area contributed by atoms with Crippen molar-refractivity contribution in [1.29, 1.82) is 0 Å². The number of benzene rings is 1. The van der Waals surface area contributed by atoms with Crippen molar-refractivity contribution < 1.29 is 14.2 Å². The molecule has 1 heterocycles. The standard InChI is InChI=1S/C14H19FO2/c1-2-4-13-10-14(16,7-8-17-13)11-5-3-6-12(15)9-11/h3,5-6,9,13,16H,2,4,7-8,10H2,1H3. The van der Waals surface area contributed by atoms with Crippen LogP contribution in [0.3, 0.4) is 0 Å². The van der Waals surface area contributed by atoms with Crippen LogP contribution in [0.1, 0.15) is 38.2 Å². The third kappa shape index (κ3) is 2.85. The maximum absolute atomic E-state index is 13.2. The molecule has 1 aromatic rings. The monoisotopic (exact) mass is 238 g/mol. The smallest absolute Gasteiger partial charge is 0.123 e. The van der Waals surface area contributed by atoms with E-state index in [0.29, 0.717) is 25.0 Å². The van der Waals surface area contributed by atoms with Gasteiger partial charge in [-0.05, 0) is 24.1 Å². The van der Waals surface area contributed by atoms with Crippen LogP contribution in [-0.4, -0.2) is 17.8 Å². The van der Waals surface area contributed by atoms with E-state index < -0.39 is 5.60 Å². The van der Waals surface area contributed by atoms with E-state index in [4.69, 9.17) is 4.74 Å². The van der Waals surface area contributed by atoms with Gasteiger partial charge in [0, 0.05) is 12.8 Å². The summed E-state index contributed by atoms with van der Waals surface area (Å²) in [6.07, 6.45) is 3.16. The average molecular weight is 238 g/mol. The van der Waals surface area contributed by atoms with Crippen molar-refractivity contribution in [2.75, 3.05) is 6.61 Å². The maximum atomic E-state index is 13.2. The van der Waals surface area contributed by atoms with Crippen molar-refractivity contribution in [1.82, 2.24) is 0 Å². The second kappa shape index (κ2) is 5.15. The first-order valence-electron chi connectivity index (χ1n) is 6.24. The van der Waals surface area contributed by atoms with Crippen LogP contribution < -0.4 is 0 Å². The summed E-state index contributed by atoms with van der Waals surface area (Å²) in [5.41, 5.74) is -0.262. The predicted octanol–water partition coefficient (Wildman–Crippen LogP) is 2.99. The molecular formula is C14H19FO2. The van der Waals surface area contributed by atoms with Crippen LogP contribution in [0.15, 0.2) is 24.3 Å². The molecule has 2 nitrogen and oxygen atoms in total. The Morgan fingerprint density at radius 1 is 1.53 bits per heavy atom. The first-order valence-corrected chi connectivity index (χ1v) is 6.24. The van der Waals surface area contributed by atoms with Gasteiger partial charge in [-0.2, -0.15) is 0 Å². The van der Waals surface area contributed by atoms with Crippen LogP contribution in [0.4, 0.5) is 4.39 Å². The molecule has 17 heavy (non-hydrogen) atoms. The Balaban J connectivity index is 2.17. The molecule has 0 amide bonds. The van der Waals surface area contributed by atoms with Crippen molar-refractivity contribution in [2.24, 2.45) is 0 Å². The van der Waals surface area contributed by atoms with Crippen molar-refractivity contribution >= 4 is 0 Å². The molecule has 2 unspecified atom stereocenters. The van der Waals surface area contributed by atoms with Gasteiger partial charge in [-0.25, -0.2) is 4.39 Å². The molecule has 1 saturated heterocycles. The maximum Gasteiger partial charge on any atom is 0.123 e. The summed E-state index contributed by atoms with van der Waals surface area (Å²) >= 11 is 0. The number of hydrogen-bond acceptors (Lipinski definition) is 2. The number of halogens is 1. The van der Waals surface area contributed by atoms with E-state index in [0.717, 1.165) is 12.8 Å². The molecule has 1 aliphatic heterocycles. The van der Waals surface area contributed by atoms with Gasteiger partial charge in [-0.3, -0.25) is 0 Å². The largest absolute Gasteiger partial charge is 0.385 e. The fraction of sp³-hybridized carbons (Fsp3) is 0.571. The lowest BCUT2D eigenvalue weighted by Gasteiger charge is -2.37. The molecule has 2 atom stereocenters. The quantitative estimate of drug-likeness (QED) is 0.877. The van der Waals surface area contributed by atoms with Gasteiger partial charge in [0.1, 0.15) is 5.82 Å². The average Bonchev–Trinajstić information content (AvgIpc) is 2.30. The summed E-state index contributed by atoms with van der Waals surface area (Å²) in [7, 11) is 0. The van der Waals surface area contributed by atoms with Gasteiger partial charge in [-0.1, -0.05) is 25.5 Å². The fourth-order valence-corrected chi connectivity index (χ4v) is 2.48. The molecule has 0 spiro atoms. The van der Waals surface area contributed by atoms with E-state index in [-0.39, 0.29) is 11.9 Å². The molecule has 1 N–H and O–H groups in total. The highest BCUT2D eigenvalue weighted by molar-refractivity contribution is 5.24. The Morgan fingerprint density at radius 3 is 3.06 bits per heavy atom. The molecule has 0 bridgehead atoms. The number of ether oxygens (including phenoxy) is 1. The van der Waals surface area contributed by atoms with Gasteiger partial charge in [-0.15, -0.1) is 0 Å². The van der Waals surface area contributed by atoms with Gasteiger partial charge in [0.05, 0.1) is 18.3 Å². The molecule has 0 radical (unpaired) electrons. The first kappa shape index (κ1) is 12.5. The molecule has 1 fully saturated rings. The molecule has 94 valence electrons. The minimum absolute atomic E-state index is 0.0852. The van der Waals surface area contributed by atoms with E-state index in [1.807, 2.05) is 0 Å². The van der Waals surface area contributed by atoms with Crippen LogP contribution >= 0.6 is 0 Å². The highest BCUT2D eigenvalue weighted by Crippen LogP contribution is 2.35. The number of hydrogen-bond donors (Lipinski definition) is 1. The van der Waals surface area contributed by atoms with E-state index in [2.05, 4.69) is 6.92 Å². The molecular weight excluding hydrogens is 219 g/mol. The molecule has 0 aliphatic carbocycles.